The predicted octanol–water partition coefficient (Wildman–Crippen LogP) is 1.80. The third-order valence-corrected chi connectivity index (χ3v) is 5.32. The molecule has 0 aromatic heterocycles. The molecule has 4 N–H and O–H groups in total. The van der Waals surface area contributed by atoms with E-state index in [0.29, 0.717) is 0 Å². The molecule has 1 heterocycles. The smallest absolute Gasteiger partial charge is 0.230 e. The van der Waals surface area contributed by atoms with Gasteiger partial charge in [-0.3, -0.25) is 4.79 Å². The Morgan fingerprint density at radius 1 is 1.12 bits per heavy atom. The van der Waals surface area contributed by atoms with Crippen molar-refractivity contribution in [3.8, 4) is 0 Å². The molecule has 3 rings (SSSR count). The Balaban J connectivity index is 2.10. The van der Waals surface area contributed by atoms with Crippen molar-refractivity contribution in [2.24, 2.45) is 11.7 Å². The fourth-order valence-corrected chi connectivity index (χ4v) is 4.06. The summed E-state index contributed by atoms with van der Waals surface area (Å²) in [6, 6.07) is 19.6. The number of amides is 1. The van der Waals surface area contributed by atoms with Gasteiger partial charge in [-0.05, 0) is 30.0 Å². The standard InChI is InChI=1S/C20H24N2O2/c21-19(24)20(14-23,16-9-5-2-6-10-16)18-11-12-22-13-17(18)15-7-3-1-4-8-15/h1-10,17-18,22-23H,11-14H2,(H2,21,24). The van der Waals surface area contributed by atoms with Gasteiger partial charge in [0, 0.05) is 12.5 Å². The van der Waals surface area contributed by atoms with E-state index < -0.39 is 11.3 Å². The van der Waals surface area contributed by atoms with Gasteiger partial charge in [-0.1, -0.05) is 60.7 Å². The van der Waals surface area contributed by atoms with Crippen LogP contribution in [0.2, 0.25) is 0 Å². The Labute approximate surface area is 142 Å². The highest BCUT2D eigenvalue weighted by molar-refractivity contribution is 5.87. The van der Waals surface area contributed by atoms with Crippen LogP contribution in [0.1, 0.15) is 23.5 Å². The van der Waals surface area contributed by atoms with Gasteiger partial charge in [-0.25, -0.2) is 0 Å². The van der Waals surface area contributed by atoms with Crippen LogP contribution in [0.5, 0.6) is 0 Å². The molecule has 1 saturated heterocycles. The molecule has 126 valence electrons. The third kappa shape index (κ3) is 2.83. The minimum Gasteiger partial charge on any atom is -0.395 e. The van der Waals surface area contributed by atoms with E-state index in [1.54, 1.807) is 0 Å². The largest absolute Gasteiger partial charge is 0.395 e. The number of hydrogen-bond donors (Lipinski definition) is 3. The summed E-state index contributed by atoms with van der Waals surface area (Å²) in [4.78, 5) is 12.6. The molecule has 4 nitrogen and oxygen atoms in total. The third-order valence-electron chi connectivity index (χ3n) is 5.32. The van der Waals surface area contributed by atoms with Crippen molar-refractivity contribution < 1.29 is 9.90 Å². The molecule has 1 aliphatic rings. The Hall–Kier alpha value is -2.17. The van der Waals surface area contributed by atoms with Crippen molar-refractivity contribution in [2.45, 2.75) is 17.8 Å². The van der Waals surface area contributed by atoms with Gasteiger partial charge in [0.2, 0.25) is 5.91 Å². The van der Waals surface area contributed by atoms with Crippen LogP contribution in [0.3, 0.4) is 0 Å². The second-order valence-corrected chi connectivity index (χ2v) is 6.48. The Morgan fingerprint density at radius 2 is 1.75 bits per heavy atom. The predicted molar refractivity (Wildman–Crippen MR) is 94.6 cm³/mol. The lowest BCUT2D eigenvalue weighted by molar-refractivity contribution is -0.128. The molecule has 1 aliphatic heterocycles. The van der Waals surface area contributed by atoms with E-state index in [-0.39, 0.29) is 18.4 Å². The lowest BCUT2D eigenvalue weighted by Crippen LogP contribution is -2.55. The summed E-state index contributed by atoms with van der Waals surface area (Å²) in [6.07, 6.45) is 0.790. The maximum Gasteiger partial charge on any atom is 0.230 e. The van der Waals surface area contributed by atoms with E-state index in [2.05, 4.69) is 17.4 Å². The minimum absolute atomic E-state index is 0.0500. The summed E-state index contributed by atoms with van der Waals surface area (Å²) in [5, 5.41) is 13.7. The van der Waals surface area contributed by atoms with Gasteiger partial charge < -0.3 is 16.2 Å². The molecule has 3 unspecified atom stereocenters. The molecule has 0 radical (unpaired) electrons. The Bertz CT molecular complexity index is 675. The summed E-state index contributed by atoms with van der Waals surface area (Å²) in [6.45, 7) is 1.31. The molecule has 24 heavy (non-hydrogen) atoms. The maximum atomic E-state index is 12.6. The zero-order valence-corrected chi connectivity index (χ0v) is 13.7. The first-order valence-corrected chi connectivity index (χ1v) is 8.42. The van der Waals surface area contributed by atoms with E-state index in [1.807, 2.05) is 48.5 Å². The maximum absolute atomic E-state index is 12.6. The van der Waals surface area contributed by atoms with Crippen LogP contribution in [-0.4, -0.2) is 30.7 Å². The molecule has 1 amide bonds. The zero-order chi connectivity index (χ0) is 17.0. The summed E-state index contributed by atoms with van der Waals surface area (Å²) in [7, 11) is 0. The van der Waals surface area contributed by atoms with E-state index in [0.717, 1.165) is 25.1 Å². The molecule has 0 bridgehead atoms. The highest BCUT2D eigenvalue weighted by Gasteiger charge is 2.49. The summed E-state index contributed by atoms with van der Waals surface area (Å²) in [5.74, 6) is -0.380. The van der Waals surface area contributed by atoms with Crippen molar-refractivity contribution in [2.75, 3.05) is 19.7 Å². The fraction of sp³-hybridized carbons (Fsp3) is 0.350. The molecule has 0 aliphatic carbocycles. The first-order valence-electron chi connectivity index (χ1n) is 8.42. The number of nitrogens with two attached hydrogens (primary N) is 1. The minimum atomic E-state index is -1.07. The summed E-state index contributed by atoms with van der Waals surface area (Å²) >= 11 is 0. The Morgan fingerprint density at radius 3 is 2.33 bits per heavy atom. The number of carbonyl (C=O) groups excluding carboxylic acids is 1. The second kappa shape index (κ2) is 7.16. The normalized spacial score (nSPS) is 23.4. The van der Waals surface area contributed by atoms with Crippen LogP contribution in [0.15, 0.2) is 60.7 Å². The average Bonchev–Trinajstić information content (AvgIpc) is 2.65. The van der Waals surface area contributed by atoms with Crippen LogP contribution in [0.25, 0.3) is 0 Å². The van der Waals surface area contributed by atoms with E-state index in [4.69, 9.17) is 5.73 Å². The molecule has 0 saturated carbocycles. The van der Waals surface area contributed by atoms with Gasteiger partial charge in [-0.2, -0.15) is 0 Å². The van der Waals surface area contributed by atoms with Crippen molar-refractivity contribution in [1.29, 1.82) is 0 Å². The summed E-state index contributed by atoms with van der Waals surface area (Å²) < 4.78 is 0. The molecular weight excluding hydrogens is 300 g/mol. The van der Waals surface area contributed by atoms with E-state index in [1.165, 1.54) is 5.56 Å². The molecular formula is C20H24N2O2. The molecule has 0 spiro atoms. The quantitative estimate of drug-likeness (QED) is 0.785. The number of nitrogens with one attached hydrogen (secondary N) is 1. The van der Waals surface area contributed by atoms with Crippen LogP contribution < -0.4 is 11.1 Å². The Kier molecular flexibility index (Phi) is 4.97. The molecule has 2 aromatic carbocycles. The van der Waals surface area contributed by atoms with E-state index in [9.17, 15) is 9.90 Å². The van der Waals surface area contributed by atoms with Crippen LogP contribution >= 0.6 is 0 Å². The first-order chi connectivity index (χ1) is 11.7. The molecule has 4 heteroatoms. The number of aliphatic hydroxyl groups is 1. The summed E-state index contributed by atoms with van der Waals surface area (Å²) in [5.41, 5.74) is 6.77. The van der Waals surface area contributed by atoms with Crippen LogP contribution in [0, 0.1) is 5.92 Å². The van der Waals surface area contributed by atoms with Crippen LogP contribution in [0.4, 0.5) is 0 Å². The highest BCUT2D eigenvalue weighted by Crippen LogP contribution is 2.44. The second-order valence-electron chi connectivity index (χ2n) is 6.48. The average molecular weight is 324 g/mol. The molecule has 1 fully saturated rings. The van der Waals surface area contributed by atoms with Crippen molar-refractivity contribution in [1.82, 2.24) is 5.32 Å². The number of hydrogen-bond acceptors (Lipinski definition) is 3. The lowest BCUT2D eigenvalue weighted by Gasteiger charge is -2.44. The van der Waals surface area contributed by atoms with Gasteiger partial charge in [0.1, 0.15) is 5.41 Å². The first kappa shape index (κ1) is 16.7. The topological polar surface area (TPSA) is 75.4 Å². The van der Waals surface area contributed by atoms with Crippen molar-refractivity contribution in [3.05, 3.63) is 71.8 Å². The molecule has 3 atom stereocenters. The fourth-order valence-electron chi connectivity index (χ4n) is 4.06. The van der Waals surface area contributed by atoms with Crippen molar-refractivity contribution >= 4 is 5.91 Å². The number of aliphatic hydroxyl groups excluding tert-OH is 1. The molecule has 2 aromatic rings. The van der Waals surface area contributed by atoms with Gasteiger partial charge in [0.25, 0.3) is 0 Å². The highest BCUT2D eigenvalue weighted by atomic mass is 16.3. The van der Waals surface area contributed by atoms with Crippen LogP contribution in [-0.2, 0) is 10.2 Å². The zero-order valence-electron chi connectivity index (χ0n) is 13.7. The SMILES string of the molecule is NC(=O)C(CO)(c1ccccc1)C1CCNCC1c1ccccc1. The number of benzene rings is 2. The van der Waals surface area contributed by atoms with Gasteiger partial charge in [0.15, 0.2) is 0 Å². The van der Waals surface area contributed by atoms with Gasteiger partial charge in [0.05, 0.1) is 6.61 Å². The monoisotopic (exact) mass is 324 g/mol. The lowest BCUT2D eigenvalue weighted by atomic mass is 9.61. The van der Waals surface area contributed by atoms with Crippen molar-refractivity contribution in [3.63, 3.8) is 0 Å². The van der Waals surface area contributed by atoms with Gasteiger partial charge in [-0.15, -0.1) is 0 Å². The van der Waals surface area contributed by atoms with Gasteiger partial charge >= 0.3 is 0 Å². The number of rotatable bonds is 5. The van der Waals surface area contributed by atoms with E-state index >= 15 is 0 Å². The number of piperidine rings is 1. The number of primary amides is 1. The number of carbonyl (C=O) groups is 1.